The van der Waals surface area contributed by atoms with Gasteiger partial charge in [-0.3, -0.25) is 4.79 Å². The molecule has 0 spiro atoms. The zero-order valence-corrected chi connectivity index (χ0v) is 13.0. The minimum Gasteiger partial charge on any atom is -0.375 e. The van der Waals surface area contributed by atoms with E-state index >= 15 is 0 Å². The Bertz CT molecular complexity index is 462. The van der Waals surface area contributed by atoms with E-state index < -0.39 is 11.8 Å². The molecular weight excluding hydrogens is 322 g/mol. The minimum atomic E-state index is -2.44. The van der Waals surface area contributed by atoms with Crippen LogP contribution < -0.4 is 10.6 Å². The Morgan fingerprint density at radius 2 is 2.10 bits per heavy atom. The molecule has 1 amide bonds. The predicted molar refractivity (Wildman–Crippen MR) is 81.4 cm³/mol. The van der Waals surface area contributed by atoms with Crippen molar-refractivity contribution in [1.29, 1.82) is 0 Å². The van der Waals surface area contributed by atoms with Crippen LogP contribution in [0.5, 0.6) is 0 Å². The highest BCUT2D eigenvalue weighted by atomic mass is 35.5. The maximum absolute atomic E-state index is 12.2. The highest BCUT2D eigenvalue weighted by Crippen LogP contribution is 2.26. The summed E-state index contributed by atoms with van der Waals surface area (Å²) in [5.74, 6) is -2.63. The number of carbonyl (C=O) groups excluding carboxylic acids is 1. The summed E-state index contributed by atoms with van der Waals surface area (Å²) in [6.45, 7) is 3.05. The van der Waals surface area contributed by atoms with E-state index in [-0.39, 0.29) is 24.4 Å². The molecule has 0 bridgehead atoms. The van der Waals surface area contributed by atoms with Crippen LogP contribution in [0.15, 0.2) is 29.2 Å². The summed E-state index contributed by atoms with van der Waals surface area (Å²) in [5.41, 5.74) is 0.577. The van der Waals surface area contributed by atoms with Gasteiger partial charge in [-0.15, -0.1) is 12.4 Å². The maximum atomic E-state index is 12.2. The second-order valence-corrected chi connectivity index (χ2v) is 5.46. The van der Waals surface area contributed by atoms with Gasteiger partial charge in [0.1, 0.15) is 6.04 Å². The molecule has 8 heteroatoms. The van der Waals surface area contributed by atoms with Crippen LogP contribution in [0.25, 0.3) is 0 Å². The molecule has 2 rings (SSSR count). The largest absolute Gasteiger partial charge is 0.375 e. The number of nitrogens with one attached hydrogen (secondary N) is 2. The molecule has 2 atom stereocenters. The van der Waals surface area contributed by atoms with Crippen LogP contribution in [-0.4, -0.2) is 37.0 Å². The van der Waals surface area contributed by atoms with Crippen molar-refractivity contribution < 1.29 is 18.3 Å². The standard InChI is InChI=1S/C13H16F2N2O2S.ClH/c1-8-11(16-6-7-19-8)12(18)17-9-2-4-10(5-3-9)20-13(14)15;/h2-5,8,11,13,16H,6-7H2,1H3,(H,17,18);1H/t8-,11+;/m1./s1. The van der Waals surface area contributed by atoms with Gasteiger partial charge in [0.15, 0.2) is 0 Å². The van der Waals surface area contributed by atoms with Crippen molar-refractivity contribution in [3.05, 3.63) is 24.3 Å². The first-order valence-corrected chi connectivity index (χ1v) is 7.15. The lowest BCUT2D eigenvalue weighted by atomic mass is 10.1. The number of halogens is 3. The van der Waals surface area contributed by atoms with Gasteiger partial charge in [-0.1, -0.05) is 11.8 Å². The normalized spacial score (nSPS) is 21.7. The van der Waals surface area contributed by atoms with Crippen molar-refractivity contribution in [2.45, 2.75) is 29.7 Å². The quantitative estimate of drug-likeness (QED) is 0.829. The molecule has 1 aliphatic heterocycles. The van der Waals surface area contributed by atoms with Gasteiger partial charge in [-0.2, -0.15) is 8.78 Å². The molecule has 1 aromatic carbocycles. The number of alkyl halides is 2. The number of hydrogen-bond acceptors (Lipinski definition) is 4. The van der Waals surface area contributed by atoms with E-state index in [0.717, 1.165) is 0 Å². The molecule has 0 unspecified atom stereocenters. The first-order valence-electron chi connectivity index (χ1n) is 6.27. The summed E-state index contributed by atoms with van der Waals surface area (Å²) in [5, 5.41) is 5.83. The van der Waals surface area contributed by atoms with Crippen molar-refractivity contribution in [2.75, 3.05) is 18.5 Å². The van der Waals surface area contributed by atoms with Crippen LogP contribution in [0.1, 0.15) is 6.92 Å². The molecule has 1 fully saturated rings. The molecule has 1 heterocycles. The van der Waals surface area contributed by atoms with E-state index in [1.54, 1.807) is 24.3 Å². The van der Waals surface area contributed by atoms with Crippen molar-refractivity contribution in [1.82, 2.24) is 5.32 Å². The van der Waals surface area contributed by atoms with Crippen LogP contribution in [-0.2, 0) is 9.53 Å². The van der Waals surface area contributed by atoms with Crippen molar-refractivity contribution in [3.8, 4) is 0 Å². The lowest BCUT2D eigenvalue weighted by molar-refractivity contribution is -0.123. The topological polar surface area (TPSA) is 50.4 Å². The summed E-state index contributed by atoms with van der Waals surface area (Å²) >= 11 is 0.476. The first kappa shape index (κ1) is 18.2. The maximum Gasteiger partial charge on any atom is 0.288 e. The number of amides is 1. The number of thioether (sulfide) groups is 1. The zero-order valence-electron chi connectivity index (χ0n) is 11.3. The summed E-state index contributed by atoms with van der Waals surface area (Å²) in [4.78, 5) is 12.5. The third kappa shape index (κ3) is 5.43. The fourth-order valence-corrected chi connectivity index (χ4v) is 2.47. The van der Waals surface area contributed by atoms with Gasteiger partial charge >= 0.3 is 0 Å². The SMILES string of the molecule is C[C@H]1OCCN[C@@H]1C(=O)Nc1ccc(SC(F)F)cc1.Cl. The number of carbonyl (C=O) groups is 1. The molecule has 0 saturated carbocycles. The number of rotatable bonds is 4. The molecular formula is C13H17ClF2N2O2S. The van der Waals surface area contributed by atoms with Gasteiger partial charge in [0.25, 0.3) is 5.76 Å². The average molecular weight is 339 g/mol. The average Bonchev–Trinajstić information content (AvgIpc) is 2.41. The van der Waals surface area contributed by atoms with E-state index in [0.29, 0.717) is 35.5 Å². The summed E-state index contributed by atoms with van der Waals surface area (Å²) < 4.78 is 29.8. The van der Waals surface area contributed by atoms with E-state index in [1.165, 1.54) is 0 Å². The second kappa shape index (κ2) is 8.53. The Labute approximate surface area is 132 Å². The molecule has 4 nitrogen and oxygen atoms in total. The summed E-state index contributed by atoms with van der Waals surface area (Å²) in [7, 11) is 0. The number of benzene rings is 1. The monoisotopic (exact) mass is 338 g/mol. The first-order chi connectivity index (χ1) is 9.56. The molecule has 0 aliphatic carbocycles. The summed E-state index contributed by atoms with van der Waals surface area (Å²) in [6, 6.07) is 5.92. The molecule has 1 aromatic rings. The molecule has 21 heavy (non-hydrogen) atoms. The highest BCUT2D eigenvalue weighted by molar-refractivity contribution is 7.99. The van der Waals surface area contributed by atoms with Crippen molar-refractivity contribution in [3.63, 3.8) is 0 Å². The smallest absolute Gasteiger partial charge is 0.288 e. The number of hydrogen-bond donors (Lipinski definition) is 2. The molecule has 2 N–H and O–H groups in total. The Morgan fingerprint density at radius 3 is 2.67 bits per heavy atom. The molecule has 118 valence electrons. The van der Waals surface area contributed by atoms with E-state index in [9.17, 15) is 13.6 Å². The predicted octanol–water partition coefficient (Wildman–Crippen LogP) is 2.74. The van der Waals surface area contributed by atoms with E-state index in [2.05, 4.69) is 10.6 Å². The third-order valence-electron chi connectivity index (χ3n) is 2.95. The molecule has 0 aromatic heterocycles. The fourth-order valence-electron chi connectivity index (χ4n) is 1.97. The van der Waals surface area contributed by atoms with E-state index in [4.69, 9.17) is 4.74 Å². The Balaban J connectivity index is 0.00000220. The zero-order chi connectivity index (χ0) is 14.5. The van der Waals surface area contributed by atoms with Crippen molar-refractivity contribution >= 4 is 35.8 Å². The van der Waals surface area contributed by atoms with Gasteiger partial charge in [-0.05, 0) is 31.2 Å². The second-order valence-electron chi connectivity index (χ2n) is 4.40. The van der Waals surface area contributed by atoms with Gasteiger partial charge < -0.3 is 15.4 Å². The van der Waals surface area contributed by atoms with Gasteiger partial charge in [-0.25, -0.2) is 0 Å². The number of ether oxygens (including phenoxy) is 1. The highest BCUT2D eigenvalue weighted by Gasteiger charge is 2.28. The van der Waals surface area contributed by atoms with Crippen LogP contribution in [0.3, 0.4) is 0 Å². The lowest BCUT2D eigenvalue weighted by Crippen LogP contribution is -2.53. The molecule has 0 radical (unpaired) electrons. The Hall–Kier alpha value is -0.890. The molecule has 1 aliphatic rings. The van der Waals surface area contributed by atoms with Crippen LogP contribution in [0.4, 0.5) is 14.5 Å². The third-order valence-corrected chi connectivity index (χ3v) is 3.67. The van der Waals surface area contributed by atoms with Gasteiger partial charge in [0.2, 0.25) is 5.91 Å². The molecule has 1 saturated heterocycles. The van der Waals surface area contributed by atoms with Crippen LogP contribution >= 0.6 is 24.2 Å². The Kier molecular flexibility index (Phi) is 7.37. The number of anilines is 1. The van der Waals surface area contributed by atoms with Crippen LogP contribution in [0, 0.1) is 0 Å². The van der Waals surface area contributed by atoms with Crippen molar-refractivity contribution in [2.24, 2.45) is 0 Å². The summed E-state index contributed by atoms with van der Waals surface area (Å²) in [6.07, 6.45) is -0.197. The van der Waals surface area contributed by atoms with Gasteiger partial charge in [0, 0.05) is 17.1 Å². The van der Waals surface area contributed by atoms with Crippen LogP contribution in [0.2, 0.25) is 0 Å². The van der Waals surface area contributed by atoms with Gasteiger partial charge in [0.05, 0.1) is 12.7 Å². The minimum absolute atomic E-state index is 0. The Morgan fingerprint density at radius 1 is 1.43 bits per heavy atom. The van der Waals surface area contributed by atoms with E-state index in [1.807, 2.05) is 6.92 Å². The number of morpholine rings is 1. The lowest BCUT2D eigenvalue weighted by Gasteiger charge is -2.29. The fraction of sp³-hybridized carbons (Fsp3) is 0.462.